The molecule has 3 aromatic rings. The molecule has 5 rings (SSSR count). The number of ether oxygens (including phenoxy) is 2. The van der Waals surface area contributed by atoms with Crippen LogP contribution in [0.15, 0.2) is 35.5 Å². The van der Waals surface area contributed by atoms with Crippen molar-refractivity contribution in [3.63, 3.8) is 0 Å². The molecule has 0 aliphatic carbocycles. The van der Waals surface area contributed by atoms with Gasteiger partial charge >= 0.3 is 0 Å². The van der Waals surface area contributed by atoms with Crippen molar-refractivity contribution in [2.75, 3.05) is 44.8 Å². The minimum Gasteiger partial charge on any atom is -0.495 e. The minimum atomic E-state index is -0.420. The van der Waals surface area contributed by atoms with Gasteiger partial charge in [-0.3, -0.25) is 4.79 Å². The number of methoxy groups -OCH3 is 1. The zero-order valence-electron chi connectivity index (χ0n) is 18.9. The third kappa shape index (κ3) is 4.02. The summed E-state index contributed by atoms with van der Waals surface area (Å²) in [6.07, 6.45) is 1.67. The largest absolute Gasteiger partial charge is 0.495 e. The highest BCUT2D eigenvalue weighted by molar-refractivity contribution is 6.32. The first-order chi connectivity index (χ1) is 16.5. The molecule has 2 aliphatic rings. The Labute approximate surface area is 200 Å². The molecule has 1 fully saturated rings. The number of amides is 1. The molecule has 1 aromatic carbocycles. The second-order valence-electron chi connectivity index (χ2n) is 8.24. The van der Waals surface area contributed by atoms with Gasteiger partial charge in [-0.1, -0.05) is 11.6 Å². The summed E-state index contributed by atoms with van der Waals surface area (Å²) >= 11 is 6.03. The molecular weight excluding hydrogens is 463 g/mol. The SMILES string of the molecule is COc1cc(N2CCN(C(=O)Cn3nc(C4=NCCO4)c4cccnc43)[C@@H](C)C2)c(F)cc1Cl. The van der Waals surface area contributed by atoms with E-state index in [0.29, 0.717) is 61.5 Å². The Morgan fingerprint density at radius 3 is 2.94 bits per heavy atom. The Morgan fingerprint density at radius 1 is 1.35 bits per heavy atom. The lowest BCUT2D eigenvalue weighted by Crippen LogP contribution is -2.55. The van der Waals surface area contributed by atoms with E-state index in [1.165, 1.54) is 13.2 Å². The van der Waals surface area contributed by atoms with E-state index in [9.17, 15) is 9.18 Å². The summed E-state index contributed by atoms with van der Waals surface area (Å²) in [6, 6.07) is 6.43. The molecule has 0 saturated carbocycles. The number of aromatic nitrogens is 3. The Hall–Kier alpha value is -3.40. The molecule has 0 bridgehead atoms. The number of rotatable bonds is 5. The molecule has 0 spiro atoms. The molecule has 0 N–H and O–H groups in total. The van der Waals surface area contributed by atoms with Crippen molar-refractivity contribution in [1.29, 1.82) is 0 Å². The second-order valence-corrected chi connectivity index (χ2v) is 8.64. The van der Waals surface area contributed by atoms with E-state index in [1.54, 1.807) is 21.8 Å². The van der Waals surface area contributed by atoms with Crippen LogP contribution >= 0.6 is 11.6 Å². The van der Waals surface area contributed by atoms with E-state index in [2.05, 4.69) is 15.1 Å². The van der Waals surface area contributed by atoms with Crippen LogP contribution in [-0.2, 0) is 16.1 Å². The van der Waals surface area contributed by atoms with Gasteiger partial charge in [-0.25, -0.2) is 19.0 Å². The first-order valence-electron chi connectivity index (χ1n) is 11.0. The first-order valence-corrected chi connectivity index (χ1v) is 11.4. The summed E-state index contributed by atoms with van der Waals surface area (Å²) in [5.74, 6) is 0.383. The van der Waals surface area contributed by atoms with Gasteiger partial charge in [-0.05, 0) is 25.1 Å². The van der Waals surface area contributed by atoms with Gasteiger partial charge in [0.25, 0.3) is 0 Å². The van der Waals surface area contributed by atoms with Crippen LogP contribution < -0.4 is 9.64 Å². The first kappa shape index (κ1) is 22.4. The summed E-state index contributed by atoms with van der Waals surface area (Å²) in [7, 11) is 1.49. The molecule has 178 valence electrons. The number of pyridine rings is 1. The van der Waals surface area contributed by atoms with Crippen molar-refractivity contribution >= 4 is 40.1 Å². The Kier molecular flexibility index (Phi) is 5.99. The van der Waals surface area contributed by atoms with Crippen LogP contribution in [0.1, 0.15) is 12.6 Å². The van der Waals surface area contributed by atoms with E-state index < -0.39 is 5.82 Å². The monoisotopic (exact) mass is 486 g/mol. The van der Waals surface area contributed by atoms with Gasteiger partial charge in [0.15, 0.2) is 11.3 Å². The average Bonchev–Trinajstić information content (AvgIpc) is 3.48. The van der Waals surface area contributed by atoms with Crippen molar-refractivity contribution in [1.82, 2.24) is 19.7 Å². The lowest BCUT2D eigenvalue weighted by atomic mass is 10.1. The van der Waals surface area contributed by atoms with Crippen molar-refractivity contribution in [2.24, 2.45) is 4.99 Å². The highest BCUT2D eigenvalue weighted by Crippen LogP contribution is 2.33. The lowest BCUT2D eigenvalue weighted by Gasteiger charge is -2.41. The van der Waals surface area contributed by atoms with Gasteiger partial charge in [0, 0.05) is 37.9 Å². The summed E-state index contributed by atoms with van der Waals surface area (Å²) < 4.78 is 27.0. The van der Waals surface area contributed by atoms with Crippen LogP contribution in [0.2, 0.25) is 5.02 Å². The van der Waals surface area contributed by atoms with Crippen molar-refractivity contribution in [3.05, 3.63) is 47.0 Å². The van der Waals surface area contributed by atoms with Gasteiger partial charge in [0.05, 0.1) is 29.8 Å². The average molecular weight is 487 g/mol. The quantitative estimate of drug-likeness (QED) is 0.551. The molecule has 11 heteroatoms. The van der Waals surface area contributed by atoms with Crippen molar-refractivity contribution in [3.8, 4) is 5.75 Å². The number of aliphatic imine (C=N–C) groups is 1. The number of hydrogen-bond acceptors (Lipinski definition) is 7. The number of benzene rings is 1. The van der Waals surface area contributed by atoms with Crippen LogP contribution in [0.5, 0.6) is 5.75 Å². The molecule has 2 aliphatic heterocycles. The number of fused-ring (bicyclic) bond motifs is 1. The van der Waals surface area contributed by atoms with E-state index in [-0.39, 0.29) is 23.5 Å². The Morgan fingerprint density at radius 2 is 2.21 bits per heavy atom. The predicted octanol–water partition coefficient (Wildman–Crippen LogP) is 2.75. The van der Waals surface area contributed by atoms with E-state index in [4.69, 9.17) is 21.1 Å². The van der Waals surface area contributed by atoms with Gasteiger partial charge in [-0.2, -0.15) is 5.10 Å². The Bertz CT molecular complexity index is 1280. The number of nitrogens with zero attached hydrogens (tertiary/aromatic N) is 6. The number of halogens is 2. The topological polar surface area (TPSA) is 85.1 Å². The number of carbonyl (C=O) groups is 1. The fourth-order valence-corrected chi connectivity index (χ4v) is 4.67. The van der Waals surface area contributed by atoms with Crippen molar-refractivity contribution in [2.45, 2.75) is 19.5 Å². The molecule has 4 heterocycles. The number of piperazine rings is 1. The molecule has 1 atom stereocenters. The molecule has 9 nitrogen and oxygen atoms in total. The van der Waals surface area contributed by atoms with E-state index in [1.807, 2.05) is 24.0 Å². The predicted molar refractivity (Wildman–Crippen MR) is 126 cm³/mol. The van der Waals surface area contributed by atoms with Gasteiger partial charge in [0.1, 0.15) is 24.7 Å². The van der Waals surface area contributed by atoms with Crippen LogP contribution in [-0.4, -0.2) is 77.4 Å². The number of carbonyl (C=O) groups excluding carboxylic acids is 1. The molecule has 34 heavy (non-hydrogen) atoms. The normalized spacial score (nSPS) is 18.2. The summed E-state index contributed by atoms with van der Waals surface area (Å²) in [6.45, 7) is 4.48. The highest BCUT2D eigenvalue weighted by atomic mass is 35.5. The molecule has 2 aromatic heterocycles. The third-order valence-corrected chi connectivity index (χ3v) is 6.39. The highest BCUT2D eigenvalue weighted by Gasteiger charge is 2.30. The number of hydrogen-bond donors (Lipinski definition) is 0. The fraction of sp³-hybridized carbons (Fsp3) is 0.391. The zero-order valence-corrected chi connectivity index (χ0v) is 19.6. The zero-order chi connectivity index (χ0) is 23.8. The maximum atomic E-state index is 14.6. The van der Waals surface area contributed by atoms with Gasteiger partial charge in [-0.15, -0.1) is 0 Å². The van der Waals surface area contributed by atoms with Crippen LogP contribution in [0.3, 0.4) is 0 Å². The summed E-state index contributed by atoms with van der Waals surface area (Å²) in [5.41, 5.74) is 1.61. The minimum absolute atomic E-state index is 0.0360. The van der Waals surface area contributed by atoms with Crippen LogP contribution in [0.4, 0.5) is 10.1 Å². The summed E-state index contributed by atoms with van der Waals surface area (Å²) in [5, 5.41) is 5.61. The van der Waals surface area contributed by atoms with E-state index >= 15 is 0 Å². The second kappa shape index (κ2) is 9.09. The molecule has 0 unspecified atom stereocenters. The third-order valence-electron chi connectivity index (χ3n) is 6.09. The smallest absolute Gasteiger partial charge is 0.244 e. The van der Waals surface area contributed by atoms with E-state index in [0.717, 1.165) is 5.39 Å². The maximum absolute atomic E-state index is 14.6. The lowest BCUT2D eigenvalue weighted by molar-refractivity contribution is -0.134. The number of anilines is 1. The molecule has 1 saturated heterocycles. The van der Waals surface area contributed by atoms with Gasteiger partial charge < -0.3 is 19.3 Å². The summed E-state index contributed by atoms with van der Waals surface area (Å²) in [4.78, 5) is 25.7. The molecule has 1 amide bonds. The van der Waals surface area contributed by atoms with Crippen LogP contribution in [0, 0.1) is 5.82 Å². The Balaban J connectivity index is 1.33. The molecular formula is C23H24ClFN6O3. The molecule has 0 radical (unpaired) electrons. The van der Waals surface area contributed by atoms with Crippen LogP contribution in [0.25, 0.3) is 11.0 Å². The standard InChI is InChI=1S/C23H24ClFN6O3/c1-14-12-29(18-11-19(33-2)16(24)10-17(18)25)7-8-30(14)20(32)13-31-22-15(4-3-5-26-22)21(28-31)23-27-6-9-34-23/h3-5,10-11,14H,6-9,12-13H2,1-2H3/t14-/m0/s1. The van der Waals surface area contributed by atoms with Gasteiger partial charge in [0.2, 0.25) is 11.8 Å². The van der Waals surface area contributed by atoms with Crippen molar-refractivity contribution < 1.29 is 18.7 Å². The maximum Gasteiger partial charge on any atom is 0.244 e. The fourth-order valence-electron chi connectivity index (χ4n) is 4.44.